The van der Waals surface area contributed by atoms with Crippen molar-refractivity contribution in [1.82, 2.24) is 16.0 Å². The van der Waals surface area contributed by atoms with E-state index < -0.39 is 66.2 Å². The molecule has 0 aliphatic heterocycles. The first-order valence-electron chi connectivity index (χ1n) is 11.6. The molecule has 0 aromatic rings. The van der Waals surface area contributed by atoms with Crippen LogP contribution in [0.15, 0.2) is 4.99 Å². The van der Waals surface area contributed by atoms with Crippen molar-refractivity contribution in [3.63, 3.8) is 0 Å². The number of hydrogen-bond acceptors (Lipinski definition) is 8. The molecule has 13 N–H and O–H groups in total. The van der Waals surface area contributed by atoms with Crippen LogP contribution < -0.4 is 38.9 Å². The number of nitrogens with one attached hydrogen (secondary N) is 3. The molecule has 0 aliphatic carbocycles. The van der Waals surface area contributed by atoms with Crippen molar-refractivity contribution in [2.24, 2.45) is 33.8 Å². The Morgan fingerprint density at radius 2 is 1.35 bits per heavy atom. The van der Waals surface area contributed by atoms with Gasteiger partial charge in [-0.2, -0.15) is 0 Å². The van der Waals surface area contributed by atoms with Crippen LogP contribution in [0.25, 0.3) is 0 Å². The van der Waals surface area contributed by atoms with Crippen LogP contribution in [0.5, 0.6) is 0 Å². The molecule has 210 valence electrons. The number of carbonyl (C=O) groups excluding carboxylic acids is 4. The average molecular weight is 531 g/mol. The van der Waals surface area contributed by atoms with Crippen LogP contribution in [0.1, 0.15) is 52.4 Å². The third kappa shape index (κ3) is 14.9. The molecule has 0 heterocycles. The van der Waals surface area contributed by atoms with Gasteiger partial charge in [0.15, 0.2) is 5.96 Å². The molecule has 0 fully saturated rings. The number of nitrogens with two attached hydrogens (primary N) is 4. The molecular weight excluding hydrogens is 492 g/mol. The number of carbonyl (C=O) groups is 6. The molecule has 0 saturated carbocycles. The van der Waals surface area contributed by atoms with E-state index in [1.807, 2.05) is 0 Å². The van der Waals surface area contributed by atoms with Crippen molar-refractivity contribution < 1.29 is 39.0 Å². The predicted octanol–water partition coefficient (Wildman–Crippen LogP) is -3.31. The van der Waals surface area contributed by atoms with Crippen LogP contribution in [0.3, 0.4) is 0 Å². The number of rotatable bonds is 18. The fraction of sp³-hybridized carbons (Fsp3) is 0.667. The zero-order valence-electron chi connectivity index (χ0n) is 20.9. The minimum atomic E-state index is -1.67. The lowest BCUT2D eigenvalue weighted by atomic mass is 10.0. The van der Waals surface area contributed by atoms with Crippen molar-refractivity contribution in [2.45, 2.75) is 76.5 Å². The molecule has 4 amide bonds. The maximum Gasteiger partial charge on any atom is 0.326 e. The molecule has 0 aromatic carbocycles. The van der Waals surface area contributed by atoms with Gasteiger partial charge in [0, 0.05) is 13.0 Å². The van der Waals surface area contributed by atoms with Crippen molar-refractivity contribution in [1.29, 1.82) is 0 Å². The summed E-state index contributed by atoms with van der Waals surface area (Å²) in [5.41, 5.74) is 21.3. The Bertz CT molecular complexity index is 859. The van der Waals surface area contributed by atoms with Gasteiger partial charge in [-0.3, -0.25) is 29.0 Å². The van der Waals surface area contributed by atoms with E-state index in [9.17, 15) is 39.0 Å². The standard InChI is InChI=1S/C21H38N8O8/c1-10(2)8-13(28-17(33)11(22)4-3-7-26-21(24)25)18(34)29-14(9-16(31)32)19(35)27-12(20(36)37)5-6-15(23)30/h10-14H,3-9,22H2,1-2H3,(H2,23,30)(H,27,35)(H,28,33)(H,29,34)(H,31,32)(H,36,37)(H4,24,25,26). The summed E-state index contributed by atoms with van der Waals surface area (Å²) in [5.74, 6) is -6.52. The molecule has 0 rings (SSSR count). The van der Waals surface area contributed by atoms with Gasteiger partial charge in [0.25, 0.3) is 0 Å². The van der Waals surface area contributed by atoms with E-state index in [-0.39, 0.29) is 44.1 Å². The third-order valence-corrected chi connectivity index (χ3v) is 4.95. The lowest BCUT2D eigenvalue weighted by Crippen LogP contribution is -2.57. The summed E-state index contributed by atoms with van der Waals surface area (Å²) in [4.78, 5) is 75.6. The minimum Gasteiger partial charge on any atom is -0.481 e. The number of aliphatic imine (C=N–C) groups is 1. The maximum absolute atomic E-state index is 12.9. The topological polar surface area (TPSA) is 295 Å². The molecule has 0 aliphatic rings. The van der Waals surface area contributed by atoms with E-state index in [2.05, 4.69) is 20.9 Å². The number of amides is 4. The van der Waals surface area contributed by atoms with Crippen LogP contribution in [0.4, 0.5) is 0 Å². The molecule has 0 radical (unpaired) electrons. The molecule has 4 unspecified atom stereocenters. The van der Waals surface area contributed by atoms with E-state index in [1.54, 1.807) is 13.8 Å². The molecule has 0 aromatic heterocycles. The highest BCUT2D eigenvalue weighted by molar-refractivity contribution is 5.95. The van der Waals surface area contributed by atoms with Crippen LogP contribution in [0, 0.1) is 5.92 Å². The average Bonchev–Trinajstić information content (AvgIpc) is 2.76. The minimum absolute atomic E-state index is 0.0916. The van der Waals surface area contributed by atoms with Gasteiger partial charge in [-0.15, -0.1) is 0 Å². The van der Waals surface area contributed by atoms with E-state index in [0.29, 0.717) is 6.42 Å². The van der Waals surface area contributed by atoms with Gasteiger partial charge in [0.2, 0.25) is 23.6 Å². The van der Waals surface area contributed by atoms with E-state index in [0.717, 1.165) is 0 Å². The zero-order valence-corrected chi connectivity index (χ0v) is 20.9. The Hall–Kier alpha value is -3.95. The molecule has 0 spiro atoms. The van der Waals surface area contributed by atoms with Crippen LogP contribution in [-0.4, -0.2) is 82.5 Å². The summed E-state index contributed by atoms with van der Waals surface area (Å²) in [7, 11) is 0. The zero-order chi connectivity index (χ0) is 28.7. The van der Waals surface area contributed by atoms with Crippen molar-refractivity contribution in [3.05, 3.63) is 0 Å². The normalized spacial score (nSPS) is 13.9. The van der Waals surface area contributed by atoms with Gasteiger partial charge >= 0.3 is 11.9 Å². The van der Waals surface area contributed by atoms with Crippen molar-refractivity contribution >= 4 is 41.5 Å². The van der Waals surface area contributed by atoms with Gasteiger partial charge in [-0.1, -0.05) is 13.8 Å². The fourth-order valence-corrected chi connectivity index (χ4v) is 3.10. The summed E-state index contributed by atoms with van der Waals surface area (Å²) >= 11 is 0. The number of aliphatic carboxylic acids is 2. The van der Waals surface area contributed by atoms with Crippen LogP contribution in [0.2, 0.25) is 0 Å². The largest absolute Gasteiger partial charge is 0.481 e. The van der Waals surface area contributed by atoms with Crippen LogP contribution >= 0.6 is 0 Å². The lowest BCUT2D eigenvalue weighted by molar-refractivity contribution is -0.144. The molecule has 0 bridgehead atoms. The third-order valence-electron chi connectivity index (χ3n) is 4.95. The van der Waals surface area contributed by atoms with Gasteiger partial charge < -0.3 is 49.1 Å². The Morgan fingerprint density at radius 3 is 1.84 bits per heavy atom. The smallest absolute Gasteiger partial charge is 0.326 e. The Labute approximate surface area is 214 Å². The van der Waals surface area contributed by atoms with Gasteiger partial charge in [-0.05, 0) is 31.6 Å². The van der Waals surface area contributed by atoms with Gasteiger partial charge in [0.05, 0.1) is 12.5 Å². The summed E-state index contributed by atoms with van der Waals surface area (Å²) in [6.45, 7) is 3.81. The first-order chi connectivity index (χ1) is 17.1. The number of carboxylic acid groups (broad SMARTS) is 2. The molecule has 16 nitrogen and oxygen atoms in total. The van der Waals surface area contributed by atoms with Crippen LogP contribution in [-0.2, 0) is 28.8 Å². The quantitative estimate of drug-likeness (QED) is 0.0480. The number of hydrogen-bond donors (Lipinski definition) is 9. The summed E-state index contributed by atoms with van der Waals surface area (Å²) in [6.07, 6.45) is -0.805. The van der Waals surface area contributed by atoms with Crippen molar-refractivity contribution in [2.75, 3.05) is 6.54 Å². The number of nitrogens with zero attached hydrogens (tertiary/aromatic N) is 1. The second-order valence-electron chi connectivity index (χ2n) is 8.81. The predicted molar refractivity (Wildman–Crippen MR) is 131 cm³/mol. The summed E-state index contributed by atoms with van der Waals surface area (Å²) in [6, 6.07) is -5.36. The fourth-order valence-electron chi connectivity index (χ4n) is 3.10. The monoisotopic (exact) mass is 530 g/mol. The Kier molecular flexibility index (Phi) is 14.9. The second kappa shape index (κ2) is 16.7. The summed E-state index contributed by atoms with van der Waals surface area (Å²) in [5, 5.41) is 25.3. The number of carboxylic acids is 2. The van der Waals surface area contributed by atoms with E-state index in [4.69, 9.17) is 22.9 Å². The second-order valence-corrected chi connectivity index (χ2v) is 8.81. The first-order valence-corrected chi connectivity index (χ1v) is 11.6. The molecule has 37 heavy (non-hydrogen) atoms. The Morgan fingerprint density at radius 1 is 0.811 bits per heavy atom. The number of primary amides is 1. The molecular formula is C21H38N8O8. The highest BCUT2D eigenvalue weighted by Crippen LogP contribution is 2.08. The SMILES string of the molecule is CC(C)CC(NC(=O)C(N)CCCN=C(N)N)C(=O)NC(CC(=O)O)C(=O)NC(CCC(N)=O)C(=O)O. The molecule has 0 saturated heterocycles. The maximum atomic E-state index is 12.9. The lowest BCUT2D eigenvalue weighted by Gasteiger charge is -2.25. The molecule has 16 heteroatoms. The highest BCUT2D eigenvalue weighted by Gasteiger charge is 2.32. The van der Waals surface area contributed by atoms with Gasteiger partial charge in [-0.25, -0.2) is 4.79 Å². The Balaban J connectivity index is 5.44. The van der Waals surface area contributed by atoms with E-state index >= 15 is 0 Å². The molecule has 4 atom stereocenters. The van der Waals surface area contributed by atoms with E-state index in [1.165, 1.54) is 0 Å². The number of guanidine groups is 1. The van der Waals surface area contributed by atoms with Gasteiger partial charge in [0.1, 0.15) is 18.1 Å². The van der Waals surface area contributed by atoms with Crippen molar-refractivity contribution in [3.8, 4) is 0 Å². The highest BCUT2D eigenvalue weighted by atomic mass is 16.4. The first kappa shape index (κ1) is 33.0. The summed E-state index contributed by atoms with van der Waals surface area (Å²) < 4.78 is 0.